The number of H-pyrrole nitrogens is 1. The minimum absolute atomic E-state index is 0.00617. The highest BCUT2D eigenvalue weighted by Crippen LogP contribution is 2.68. The van der Waals surface area contributed by atoms with Crippen molar-refractivity contribution in [2.24, 2.45) is 29.6 Å². The molecule has 2 aliphatic heterocycles. The van der Waals surface area contributed by atoms with Crippen molar-refractivity contribution in [3.05, 3.63) is 44.4 Å². The van der Waals surface area contributed by atoms with Crippen LogP contribution >= 0.6 is 23.1 Å². The lowest BCUT2D eigenvalue weighted by molar-refractivity contribution is -0.142. The highest BCUT2D eigenvalue weighted by atomic mass is 32.2. The first kappa shape index (κ1) is 21.9. The van der Waals surface area contributed by atoms with Gasteiger partial charge in [-0.3, -0.25) is 24.1 Å². The van der Waals surface area contributed by atoms with E-state index in [9.17, 15) is 19.2 Å². The molecule has 3 fully saturated rings. The molecule has 2 aliphatic carbocycles. The molecule has 4 aliphatic rings. The van der Waals surface area contributed by atoms with Gasteiger partial charge in [0.1, 0.15) is 0 Å². The van der Waals surface area contributed by atoms with Crippen molar-refractivity contribution in [2.45, 2.75) is 29.0 Å². The number of nitrogens with zero attached hydrogens (tertiary/aromatic N) is 2. The third-order valence-corrected chi connectivity index (χ3v) is 10.7. The smallest absolute Gasteiger partial charge is 0.305 e. The number of aliphatic carboxylic acids is 1. The summed E-state index contributed by atoms with van der Waals surface area (Å²) in [6.07, 6.45) is 0.598. The highest BCUT2D eigenvalue weighted by molar-refractivity contribution is 8.00. The number of carbonyl (C=O) groups excluding carboxylic acids is 2. The molecule has 1 aromatic carbocycles. The third-order valence-electron chi connectivity index (χ3n) is 8.13. The van der Waals surface area contributed by atoms with Gasteiger partial charge in [-0.05, 0) is 41.9 Å². The zero-order chi connectivity index (χ0) is 23.9. The van der Waals surface area contributed by atoms with E-state index >= 15 is 0 Å². The van der Waals surface area contributed by atoms with Gasteiger partial charge in [0.05, 0.1) is 23.3 Å². The Bertz CT molecular complexity index is 1250. The quantitative estimate of drug-likeness (QED) is 0.608. The van der Waals surface area contributed by atoms with Gasteiger partial charge in [0.25, 0.3) is 0 Å². The number of carboxylic acid groups (broad SMARTS) is 1. The van der Waals surface area contributed by atoms with Crippen LogP contribution in [0, 0.1) is 29.6 Å². The molecule has 0 spiro atoms. The van der Waals surface area contributed by atoms with E-state index in [-0.39, 0.29) is 70.4 Å². The molecule has 8 nitrogen and oxygen atoms in total. The summed E-state index contributed by atoms with van der Waals surface area (Å²) in [6, 6.07) is 8.39. The van der Waals surface area contributed by atoms with Crippen molar-refractivity contribution < 1.29 is 19.5 Å². The molecular weight excluding hydrogens is 474 g/mol. The molecule has 2 N–H and O–H groups in total. The normalized spacial score (nSPS) is 33.1. The molecule has 0 radical (unpaired) electrons. The number of thiazole rings is 1. The molecule has 2 aromatic rings. The molecular formula is C24H25N3O5S2. The number of carboxylic acids is 1. The molecule has 1 aromatic heterocycles. The van der Waals surface area contributed by atoms with Crippen molar-refractivity contribution in [3.8, 4) is 0 Å². The van der Waals surface area contributed by atoms with Crippen molar-refractivity contribution in [3.63, 3.8) is 0 Å². The molecule has 6 rings (SSSR count). The van der Waals surface area contributed by atoms with E-state index in [0.717, 1.165) is 27.6 Å². The average molecular weight is 500 g/mol. The minimum Gasteiger partial charge on any atom is -0.481 e. The monoisotopic (exact) mass is 499 g/mol. The largest absolute Gasteiger partial charge is 0.481 e. The molecule has 2 amide bonds. The van der Waals surface area contributed by atoms with Gasteiger partial charge in [-0.25, -0.2) is 0 Å². The number of thioether (sulfide) groups is 1. The van der Waals surface area contributed by atoms with Gasteiger partial charge in [0, 0.05) is 42.4 Å². The van der Waals surface area contributed by atoms with E-state index in [2.05, 4.69) is 29.2 Å². The maximum atomic E-state index is 13.3. The van der Waals surface area contributed by atoms with E-state index in [1.165, 1.54) is 16.2 Å². The number of carbonyl (C=O) groups is 3. The Morgan fingerprint density at radius 2 is 1.79 bits per heavy atom. The van der Waals surface area contributed by atoms with Crippen LogP contribution in [0.5, 0.6) is 0 Å². The fourth-order valence-corrected chi connectivity index (χ4v) is 9.75. The second kappa shape index (κ2) is 7.71. The number of aromatic amines is 1. The van der Waals surface area contributed by atoms with E-state index in [1.807, 2.05) is 19.0 Å². The Balaban J connectivity index is 1.40. The molecule has 178 valence electrons. The van der Waals surface area contributed by atoms with E-state index in [4.69, 9.17) is 5.11 Å². The lowest BCUT2D eigenvalue weighted by atomic mass is 9.68. The van der Waals surface area contributed by atoms with Gasteiger partial charge in [-0.15, -0.1) is 11.8 Å². The van der Waals surface area contributed by atoms with Crippen molar-refractivity contribution in [2.75, 3.05) is 25.5 Å². The first-order valence-electron chi connectivity index (χ1n) is 11.5. The van der Waals surface area contributed by atoms with E-state index < -0.39 is 5.97 Å². The van der Waals surface area contributed by atoms with Crippen LogP contribution in [0.2, 0.25) is 0 Å². The number of rotatable bonds is 5. The van der Waals surface area contributed by atoms with Crippen molar-refractivity contribution in [1.82, 2.24) is 9.88 Å². The van der Waals surface area contributed by atoms with Crippen LogP contribution in [-0.4, -0.2) is 58.7 Å². The Kier molecular flexibility index (Phi) is 4.97. The van der Waals surface area contributed by atoms with Crippen LogP contribution in [0.3, 0.4) is 0 Å². The predicted molar refractivity (Wildman–Crippen MR) is 128 cm³/mol. The second-order valence-electron chi connectivity index (χ2n) is 9.92. The number of fused-ring (bicyclic) bond motifs is 9. The number of benzene rings is 1. The highest BCUT2D eigenvalue weighted by Gasteiger charge is 2.69. The van der Waals surface area contributed by atoms with Crippen LogP contribution in [0.25, 0.3) is 0 Å². The van der Waals surface area contributed by atoms with Crippen LogP contribution in [0.4, 0.5) is 5.69 Å². The number of anilines is 1. The summed E-state index contributed by atoms with van der Waals surface area (Å²) < 4.78 is 0. The first-order chi connectivity index (χ1) is 16.3. The SMILES string of the molecule is CN(C)c1ccc([C@H]2c3sc(=O)[nH]c3S[C@@H]3[C@H]4C[C@@H]([C@@H]5C(=O)N(CCC(=O)O)C(=O)[C@H]45)[C@H]23)cc1. The fourth-order valence-electron chi connectivity index (χ4n) is 6.86. The summed E-state index contributed by atoms with van der Waals surface area (Å²) in [5.74, 6) is -1.94. The maximum Gasteiger partial charge on any atom is 0.305 e. The standard InChI is InChI=1S/C24H25N3O5S2/c1-26(2)11-5-3-10(4-6-11)15-16-12-9-13(19(16)33-21-20(15)34-24(32)25-21)18-17(12)22(30)27(23(18)31)8-7-14(28)29/h3-6,12-13,15-19H,7-9H2,1-2H3,(H,25,32)(H,28,29)/t12-,13+,15-,16-,17+,18-,19-/m1/s1. The van der Waals surface area contributed by atoms with E-state index in [1.54, 1.807) is 11.8 Å². The van der Waals surface area contributed by atoms with E-state index in [0.29, 0.717) is 0 Å². The number of likely N-dealkylation sites (tertiary alicyclic amines) is 1. The molecule has 3 heterocycles. The van der Waals surface area contributed by atoms with Crippen LogP contribution in [0.15, 0.2) is 34.1 Å². The summed E-state index contributed by atoms with van der Waals surface area (Å²) >= 11 is 2.91. The molecule has 34 heavy (non-hydrogen) atoms. The van der Waals surface area contributed by atoms with Gasteiger partial charge in [0.15, 0.2) is 0 Å². The summed E-state index contributed by atoms with van der Waals surface area (Å²) in [6.45, 7) is -0.0575. The summed E-state index contributed by atoms with van der Waals surface area (Å²) in [5.41, 5.74) is 2.22. The van der Waals surface area contributed by atoms with Gasteiger partial charge < -0.3 is 15.0 Å². The number of hydrogen-bond donors (Lipinski definition) is 2. The van der Waals surface area contributed by atoms with Crippen LogP contribution < -0.4 is 9.77 Å². The topological polar surface area (TPSA) is 111 Å². The average Bonchev–Trinajstić information content (AvgIpc) is 3.51. The Morgan fingerprint density at radius 3 is 2.44 bits per heavy atom. The Hall–Kier alpha value is -2.59. The zero-order valence-corrected chi connectivity index (χ0v) is 20.4. The number of hydrogen-bond acceptors (Lipinski definition) is 7. The molecule has 2 saturated carbocycles. The number of amides is 2. The number of aromatic nitrogens is 1. The summed E-state index contributed by atoms with van der Waals surface area (Å²) in [7, 11) is 3.99. The van der Waals surface area contributed by atoms with Gasteiger partial charge in [-0.2, -0.15) is 0 Å². The molecule has 1 saturated heterocycles. The van der Waals surface area contributed by atoms with Gasteiger partial charge in [-0.1, -0.05) is 23.5 Å². The lowest BCUT2D eigenvalue weighted by Crippen LogP contribution is -2.42. The van der Waals surface area contributed by atoms with Gasteiger partial charge in [0.2, 0.25) is 11.8 Å². The maximum absolute atomic E-state index is 13.3. The lowest BCUT2D eigenvalue weighted by Gasteiger charge is -2.43. The molecule has 10 heteroatoms. The number of nitrogens with one attached hydrogen (secondary N) is 1. The minimum atomic E-state index is -1.01. The molecule has 2 bridgehead atoms. The Morgan fingerprint density at radius 1 is 1.12 bits per heavy atom. The zero-order valence-electron chi connectivity index (χ0n) is 18.8. The molecule has 7 atom stereocenters. The summed E-state index contributed by atoms with van der Waals surface area (Å²) in [5, 5.41) is 10.1. The number of imide groups is 1. The third kappa shape index (κ3) is 3.04. The van der Waals surface area contributed by atoms with Crippen molar-refractivity contribution in [1.29, 1.82) is 0 Å². The predicted octanol–water partition coefficient (Wildman–Crippen LogP) is 2.45. The van der Waals surface area contributed by atoms with Crippen LogP contribution in [-0.2, 0) is 14.4 Å². The first-order valence-corrected chi connectivity index (χ1v) is 13.2. The fraction of sp³-hybridized carbons (Fsp3) is 0.500. The molecule has 0 unspecified atom stereocenters. The van der Waals surface area contributed by atoms with Crippen LogP contribution in [0.1, 0.15) is 29.2 Å². The van der Waals surface area contributed by atoms with Crippen molar-refractivity contribution >= 4 is 46.6 Å². The summed E-state index contributed by atoms with van der Waals surface area (Å²) in [4.78, 5) is 57.1. The Labute approximate surface area is 204 Å². The van der Waals surface area contributed by atoms with Gasteiger partial charge >= 0.3 is 10.8 Å². The second-order valence-corrected chi connectivity index (χ2v) is 12.1.